The van der Waals surface area contributed by atoms with Gasteiger partial charge in [-0.15, -0.1) is 0 Å². The zero-order chi connectivity index (χ0) is 14.2. The molecule has 0 amide bonds. The summed E-state index contributed by atoms with van der Waals surface area (Å²) >= 11 is 5.66. The number of halogens is 3. The summed E-state index contributed by atoms with van der Waals surface area (Å²) in [4.78, 5) is 12.4. The van der Waals surface area contributed by atoms with Crippen molar-refractivity contribution in [3.8, 4) is 0 Å². The van der Waals surface area contributed by atoms with Gasteiger partial charge in [0.15, 0.2) is 11.6 Å². The van der Waals surface area contributed by atoms with Crippen molar-refractivity contribution >= 4 is 17.4 Å². The van der Waals surface area contributed by atoms with Crippen molar-refractivity contribution in [3.63, 3.8) is 0 Å². The number of carbonyl (C=O) groups excluding carboxylic acids is 1. The normalized spacial score (nSPS) is 10.6. The van der Waals surface area contributed by atoms with Gasteiger partial charge in [0.2, 0.25) is 0 Å². The smallest absolute Gasteiger partial charge is 0.196 e. The molecule has 0 saturated carbocycles. The first-order valence-corrected chi connectivity index (χ1v) is 6.05. The number of benzene rings is 2. The summed E-state index contributed by atoms with van der Waals surface area (Å²) in [6, 6.07) is 6.75. The predicted molar refractivity (Wildman–Crippen MR) is 70.7 cm³/mol. The molecule has 0 spiro atoms. The molecule has 0 N–H and O–H groups in total. The first-order valence-electron chi connectivity index (χ1n) is 5.67. The van der Waals surface area contributed by atoms with Crippen LogP contribution in [0.1, 0.15) is 27.0 Å². The average Bonchev–Trinajstić information content (AvgIpc) is 2.31. The fraction of sp³-hybridized carbons (Fsp3) is 0.133. The summed E-state index contributed by atoms with van der Waals surface area (Å²) in [6.07, 6.45) is 0. The quantitative estimate of drug-likeness (QED) is 0.742. The first-order chi connectivity index (χ1) is 8.91. The average molecular weight is 281 g/mol. The third-order valence-corrected chi connectivity index (χ3v) is 3.21. The molecule has 0 bridgehead atoms. The lowest BCUT2D eigenvalue weighted by Gasteiger charge is -2.10. The molecule has 98 valence electrons. The highest BCUT2D eigenvalue weighted by Crippen LogP contribution is 2.24. The molecule has 0 fully saturated rings. The van der Waals surface area contributed by atoms with E-state index < -0.39 is 17.4 Å². The Morgan fingerprint density at radius 3 is 2.26 bits per heavy atom. The number of rotatable bonds is 2. The minimum atomic E-state index is -0.753. The molecule has 0 aliphatic carbocycles. The van der Waals surface area contributed by atoms with E-state index in [1.54, 1.807) is 13.8 Å². The van der Waals surface area contributed by atoms with Gasteiger partial charge >= 0.3 is 0 Å². The second kappa shape index (κ2) is 5.10. The molecule has 0 aliphatic heterocycles. The molecular weight excluding hydrogens is 270 g/mol. The third-order valence-electron chi connectivity index (χ3n) is 2.92. The van der Waals surface area contributed by atoms with Crippen LogP contribution in [0.4, 0.5) is 8.78 Å². The maximum absolute atomic E-state index is 13.9. The lowest BCUT2D eigenvalue weighted by atomic mass is 9.94. The maximum atomic E-state index is 13.9. The molecule has 0 aromatic heterocycles. The van der Waals surface area contributed by atoms with Gasteiger partial charge < -0.3 is 0 Å². The van der Waals surface area contributed by atoms with Crippen molar-refractivity contribution in [3.05, 3.63) is 69.2 Å². The van der Waals surface area contributed by atoms with Gasteiger partial charge in [-0.3, -0.25) is 4.79 Å². The highest BCUT2D eigenvalue weighted by molar-refractivity contribution is 6.31. The molecule has 1 nitrogen and oxygen atoms in total. The van der Waals surface area contributed by atoms with Crippen molar-refractivity contribution in [1.82, 2.24) is 0 Å². The van der Waals surface area contributed by atoms with E-state index in [0.717, 1.165) is 0 Å². The number of hydrogen-bond acceptors (Lipinski definition) is 1. The Labute approximate surface area is 114 Å². The van der Waals surface area contributed by atoms with Gasteiger partial charge in [0.25, 0.3) is 0 Å². The van der Waals surface area contributed by atoms with E-state index in [2.05, 4.69) is 0 Å². The molecule has 0 aliphatic rings. The minimum absolute atomic E-state index is 0.106. The Morgan fingerprint density at radius 2 is 1.68 bits per heavy atom. The molecular formula is C15H11ClF2O. The van der Waals surface area contributed by atoms with Gasteiger partial charge in [-0.2, -0.15) is 0 Å². The van der Waals surface area contributed by atoms with Crippen LogP contribution >= 0.6 is 11.6 Å². The van der Waals surface area contributed by atoms with Crippen LogP contribution < -0.4 is 0 Å². The van der Waals surface area contributed by atoms with Crippen molar-refractivity contribution in [2.75, 3.05) is 0 Å². The van der Waals surface area contributed by atoms with Crippen molar-refractivity contribution < 1.29 is 13.6 Å². The standard InChI is InChI=1S/C15H11ClF2O/c1-8-6-10(17)7-9(2)13(8)15(19)11-4-3-5-12(16)14(11)18/h3-7H,1-2H3. The number of carbonyl (C=O) groups is 1. The van der Waals surface area contributed by atoms with Crippen molar-refractivity contribution in [2.24, 2.45) is 0 Å². The summed E-state index contributed by atoms with van der Waals surface area (Å²) in [5.41, 5.74) is 1.15. The van der Waals surface area contributed by atoms with Crippen LogP contribution in [0.3, 0.4) is 0 Å². The minimum Gasteiger partial charge on any atom is -0.288 e. The largest absolute Gasteiger partial charge is 0.288 e. The summed E-state index contributed by atoms with van der Waals surface area (Å²) in [5.74, 6) is -1.66. The highest BCUT2D eigenvalue weighted by atomic mass is 35.5. The molecule has 4 heteroatoms. The SMILES string of the molecule is Cc1cc(F)cc(C)c1C(=O)c1cccc(Cl)c1F. The lowest BCUT2D eigenvalue weighted by molar-refractivity contribution is 0.103. The Hall–Kier alpha value is -1.74. The van der Waals surface area contributed by atoms with Crippen molar-refractivity contribution in [1.29, 1.82) is 0 Å². The summed E-state index contributed by atoms with van der Waals surface area (Å²) in [7, 11) is 0. The van der Waals surface area contributed by atoms with Crippen molar-refractivity contribution in [2.45, 2.75) is 13.8 Å². The fourth-order valence-electron chi connectivity index (χ4n) is 2.08. The van der Waals surface area contributed by atoms with E-state index in [1.807, 2.05) is 0 Å². The van der Waals surface area contributed by atoms with Crippen LogP contribution in [0.25, 0.3) is 0 Å². The Kier molecular flexibility index (Phi) is 3.67. The topological polar surface area (TPSA) is 17.1 Å². The van der Waals surface area contributed by atoms with Gasteiger partial charge in [-0.1, -0.05) is 17.7 Å². The van der Waals surface area contributed by atoms with Crippen LogP contribution in [0.15, 0.2) is 30.3 Å². The number of hydrogen-bond donors (Lipinski definition) is 0. The molecule has 0 unspecified atom stereocenters. The zero-order valence-electron chi connectivity index (χ0n) is 10.4. The van der Waals surface area contributed by atoms with E-state index in [0.29, 0.717) is 16.7 Å². The summed E-state index contributed by atoms with van der Waals surface area (Å²) < 4.78 is 27.1. The van der Waals surface area contributed by atoms with E-state index in [4.69, 9.17) is 11.6 Å². The molecule has 0 saturated heterocycles. The molecule has 19 heavy (non-hydrogen) atoms. The van der Waals surface area contributed by atoms with Gasteiger partial charge in [0, 0.05) is 5.56 Å². The lowest BCUT2D eigenvalue weighted by Crippen LogP contribution is -2.09. The van der Waals surface area contributed by atoms with Crippen LogP contribution in [-0.2, 0) is 0 Å². The van der Waals surface area contributed by atoms with Crippen LogP contribution in [0, 0.1) is 25.5 Å². The predicted octanol–water partition coefficient (Wildman–Crippen LogP) is 4.47. The number of ketones is 1. The summed E-state index contributed by atoms with van der Waals surface area (Å²) in [6.45, 7) is 3.23. The van der Waals surface area contributed by atoms with Gasteiger partial charge in [-0.25, -0.2) is 8.78 Å². The molecule has 2 rings (SSSR count). The Balaban J connectivity index is 2.60. The fourth-order valence-corrected chi connectivity index (χ4v) is 2.26. The van der Waals surface area contributed by atoms with Crippen LogP contribution in [0.2, 0.25) is 5.02 Å². The monoisotopic (exact) mass is 280 g/mol. The van der Waals surface area contributed by atoms with E-state index in [9.17, 15) is 13.6 Å². The Bertz CT molecular complexity index is 642. The molecule has 0 radical (unpaired) electrons. The van der Waals surface area contributed by atoms with E-state index in [1.165, 1.54) is 30.3 Å². The molecule has 2 aromatic carbocycles. The number of aryl methyl sites for hydroxylation is 2. The summed E-state index contributed by atoms with van der Waals surface area (Å²) in [5, 5.41) is -0.108. The van der Waals surface area contributed by atoms with E-state index >= 15 is 0 Å². The molecule has 0 atom stereocenters. The Morgan fingerprint density at radius 1 is 1.11 bits per heavy atom. The first kappa shape index (κ1) is 13.7. The van der Waals surface area contributed by atoms with Gasteiger partial charge in [0.1, 0.15) is 5.82 Å². The molecule has 2 aromatic rings. The highest BCUT2D eigenvalue weighted by Gasteiger charge is 2.20. The van der Waals surface area contributed by atoms with Crippen LogP contribution in [-0.4, -0.2) is 5.78 Å². The second-order valence-corrected chi connectivity index (χ2v) is 4.75. The third kappa shape index (κ3) is 2.51. The second-order valence-electron chi connectivity index (χ2n) is 4.35. The van der Waals surface area contributed by atoms with Gasteiger partial charge in [0.05, 0.1) is 10.6 Å². The zero-order valence-corrected chi connectivity index (χ0v) is 11.2. The van der Waals surface area contributed by atoms with Crippen LogP contribution in [0.5, 0.6) is 0 Å². The van der Waals surface area contributed by atoms with Gasteiger partial charge in [-0.05, 0) is 49.2 Å². The maximum Gasteiger partial charge on any atom is 0.196 e. The molecule has 0 heterocycles. The van der Waals surface area contributed by atoms with E-state index in [-0.39, 0.29) is 10.6 Å².